The number of furan rings is 1. The van der Waals surface area contributed by atoms with E-state index in [4.69, 9.17) is 13.9 Å². The Kier molecular flexibility index (Phi) is 6.46. The van der Waals surface area contributed by atoms with Gasteiger partial charge >= 0.3 is 6.03 Å². The fraction of sp³-hybridized carbons (Fsp3) is 0.478. The second-order valence-corrected chi connectivity index (χ2v) is 8.01. The van der Waals surface area contributed by atoms with E-state index in [1.807, 2.05) is 31.2 Å². The summed E-state index contributed by atoms with van der Waals surface area (Å²) in [6, 6.07) is 8.94. The molecule has 31 heavy (non-hydrogen) atoms. The van der Waals surface area contributed by atoms with Gasteiger partial charge in [-0.3, -0.25) is 4.79 Å². The minimum absolute atomic E-state index is 0.0481. The Hall–Kier alpha value is -3.00. The lowest BCUT2D eigenvalue weighted by Crippen LogP contribution is -2.51. The average Bonchev–Trinajstić information content (AvgIpc) is 3.42. The molecule has 1 atom stereocenters. The summed E-state index contributed by atoms with van der Waals surface area (Å²) in [4.78, 5) is 28.8. The first-order chi connectivity index (χ1) is 15.0. The van der Waals surface area contributed by atoms with Crippen LogP contribution in [0.1, 0.15) is 34.7 Å². The van der Waals surface area contributed by atoms with Gasteiger partial charge in [-0.15, -0.1) is 0 Å². The van der Waals surface area contributed by atoms with Gasteiger partial charge in [0, 0.05) is 38.5 Å². The average molecular weight is 428 g/mol. The molecule has 0 radical (unpaired) electrons. The molecule has 0 saturated carbocycles. The van der Waals surface area contributed by atoms with Crippen molar-refractivity contribution in [2.24, 2.45) is 0 Å². The number of piperazine rings is 1. The van der Waals surface area contributed by atoms with Crippen LogP contribution in [0.5, 0.6) is 5.75 Å². The largest absolute Gasteiger partial charge is 0.491 e. The number of hydrogen-bond acceptors (Lipinski definition) is 5. The van der Waals surface area contributed by atoms with Crippen LogP contribution in [0.25, 0.3) is 0 Å². The quantitative estimate of drug-likeness (QED) is 0.790. The van der Waals surface area contributed by atoms with Crippen LogP contribution in [0.4, 0.5) is 10.5 Å². The molecule has 2 aromatic rings. The van der Waals surface area contributed by atoms with Crippen molar-refractivity contribution in [2.75, 3.05) is 44.7 Å². The molecule has 0 spiro atoms. The number of nitrogens with one attached hydrogen (secondary N) is 1. The molecule has 2 aliphatic heterocycles. The van der Waals surface area contributed by atoms with Crippen LogP contribution in [-0.2, 0) is 4.74 Å². The monoisotopic (exact) mass is 427 g/mol. The van der Waals surface area contributed by atoms with E-state index in [0.29, 0.717) is 49.8 Å². The van der Waals surface area contributed by atoms with E-state index >= 15 is 0 Å². The summed E-state index contributed by atoms with van der Waals surface area (Å²) >= 11 is 0. The summed E-state index contributed by atoms with van der Waals surface area (Å²) in [5.41, 5.74) is 1.30. The molecule has 3 heterocycles. The number of nitrogens with zero attached hydrogens (tertiary/aromatic N) is 2. The van der Waals surface area contributed by atoms with E-state index < -0.39 is 0 Å². The molecular formula is C23H29N3O5. The van der Waals surface area contributed by atoms with Crippen molar-refractivity contribution in [2.45, 2.75) is 32.8 Å². The van der Waals surface area contributed by atoms with Crippen LogP contribution >= 0.6 is 0 Å². The van der Waals surface area contributed by atoms with Crippen molar-refractivity contribution < 1.29 is 23.5 Å². The maximum atomic E-state index is 12.7. The number of rotatable bonds is 5. The molecule has 8 heteroatoms. The van der Waals surface area contributed by atoms with Gasteiger partial charge in [0.05, 0.1) is 11.7 Å². The fourth-order valence-electron chi connectivity index (χ4n) is 3.93. The van der Waals surface area contributed by atoms with E-state index in [-0.39, 0.29) is 18.0 Å². The molecule has 166 valence electrons. The molecule has 3 amide bonds. The second-order valence-electron chi connectivity index (χ2n) is 8.01. The van der Waals surface area contributed by atoms with Crippen LogP contribution in [0.2, 0.25) is 0 Å². The number of carbonyl (C=O) groups is 2. The van der Waals surface area contributed by atoms with Crippen LogP contribution in [0.15, 0.2) is 34.7 Å². The number of aryl methyl sites for hydroxylation is 2. The summed E-state index contributed by atoms with van der Waals surface area (Å²) in [5.74, 6) is 2.06. The highest BCUT2D eigenvalue weighted by molar-refractivity contribution is 5.95. The summed E-state index contributed by atoms with van der Waals surface area (Å²) in [6.45, 7) is 6.93. The van der Waals surface area contributed by atoms with Gasteiger partial charge in [0.1, 0.15) is 23.9 Å². The maximum Gasteiger partial charge on any atom is 0.321 e. The predicted molar refractivity (Wildman–Crippen MR) is 116 cm³/mol. The zero-order chi connectivity index (χ0) is 21.8. The van der Waals surface area contributed by atoms with Gasteiger partial charge in [0.15, 0.2) is 0 Å². The van der Waals surface area contributed by atoms with Crippen molar-refractivity contribution >= 4 is 17.6 Å². The minimum Gasteiger partial charge on any atom is -0.491 e. The molecule has 1 N–H and O–H groups in total. The molecule has 1 aromatic carbocycles. The first-order valence-corrected chi connectivity index (χ1v) is 10.8. The number of anilines is 1. The third-order valence-electron chi connectivity index (χ3n) is 5.69. The van der Waals surface area contributed by atoms with E-state index in [0.717, 1.165) is 31.0 Å². The van der Waals surface area contributed by atoms with E-state index in [9.17, 15) is 9.59 Å². The molecule has 8 nitrogen and oxygen atoms in total. The summed E-state index contributed by atoms with van der Waals surface area (Å²) in [7, 11) is 0. The van der Waals surface area contributed by atoms with Crippen LogP contribution in [0.3, 0.4) is 0 Å². The Morgan fingerprint density at radius 3 is 2.42 bits per heavy atom. The normalized spacial score (nSPS) is 18.8. The van der Waals surface area contributed by atoms with Crippen LogP contribution in [0, 0.1) is 13.8 Å². The number of amides is 3. The van der Waals surface area contributed by atoms with E-state index in [1.165, 1.54) is 0 Å². The highest BCUT2D eigenvalue weighted by Crippen LogP contribution is 2.20. The van der Waals surface area contributed by atoms with E-state index in [1.54, 1.807) is 22.8 Å². The Labute approximate surface area is 182 Å². The molecule has 1 aromatic heterocycles. The lowest BCUT2D eigenvalue weighted by atomic mass is 10.2. The number of carbonyl (C=O) groups excluding carboxylic acids is 2. The SMILES string of the molecule is Cc1cc(C(=O)N2CCN(C(=O)Nc3ccc(OCC4CCCO4)cc3)CC2)c(C)o1. The molecule has 2 aliphatic rings. The summed E-state index contributed by atoms with van der Waals surface area (Å²) in [6.07, 6.45) is 2.30. The Bertz CT molecular complexity index is 910. The number of ether oxygens (including phenoxy) is 2. The molecule has 2 saturated heterocycles. The smallest absolute Gasteiger partial charge is 0.321 e. The van der Waals surface area contributed by atoms with Gasteiger partial charge in [-0.2, -0.15) is 0 Å². The molecule has 0 bridgehead atoms. The van der Waals surface area contributed by atoms with Crippen LogP contribution in [-0.4, -0.2) is 67.2 Å². The van der Waals surface area contributed by atoms with Crippen molar-refractivity contribution in [3.63, 3.8) is 0 Å². The first kappa shape index (κ1) is 21.2. The predicted octanol–water partition coefficient (Wildman–Crippen LogP) is 3.44. The second kappa shape index (κ2) is 9.43. The van der Waals surface area contributed by atoms with Gasteiger partial charge in [-0.25, -0.2) is 4.79 Å². The fourth-order valence-corrected chi connectivity index (χ4v) is 3.93. The highest BCUT2D eigenvalue weighted by Gasteiger charge is 2.27. The Morgan fingerprint density at radius 1 is 1.10 bits per heavy atom. The molecule has 4 rings (SSSR count). The van der Waals surface area contributed by atoms with Crippen LogP contribution < -0.4 is 10.1 Å². The van der Waals surface area contributed by atoms with Gasteiger partial charge in [0.25, 0.3) is 5.91 Å². The van der Waals surface area contributed by atoms with Crippen molar-refractivity contribution in [1.29, 1.82) is 0 Å². The van der Waals surface area contributed by atoms with Crippen molar-refractivity contribution in [3.05, 3.63) is 47.4 Å². The third-order valence-corrected chi connectivity index (χ3v) is 5.69. The van der Waals surface area contributed by atoms with Crippen molar-refractivity contribution in [3.8, 4) is 5.75 Å². The number of urea groups is 1. The maximum absolute atomic E-state index is 12.7. The Morgan fingerprint density at radius 2 is 1.81 bits per heavy atom. The van der Waals surface area contributed by atoms with Gasteiger partial charge in [-0.05, 0) is 57.0 Å². The number of hydrogen-bond donors (Lipinski definition) is 1. The lowest BCUT2D eigenvalue weighted by molar-refractivity contribution is 0.0669. The summed E-state index contributed by atoms with van der Waals surface area (Å²) in [5, 5.41) is 2.91. The van der Waals surface area contributed by atoms with Gasteiger partial charge < -0.3 is 29.0 Å². The van der Waals surface area contributed by atoms with Gasteiger partial charge in [0.2, 0.25) is 0 Å². The molecule has 2 fully saturated rings. The first-order valence-electron chi connectivity index (χ1n) is 10.8. The lowest BCUT2D eigenvalue weighted by Gasteiger charge is -2.34. The zero-order valence-electron chi connectivity index (χ0n) is 18.1. The molecular weight excluding hydrogens is 398 g/mol. The Balaban J connectivity index is 1.24. The summed E-state index contributed by atoms with van der Waals surface area (Å²) < 4.78 is 16.8. The standard InChI is InChI=1S/C23H29N3O5/c1-16-14-21(17(2)31-16)22(27)25-9-11-26(12-10-25)23(28)24-18-5-7-19(8-6-18)30-15-20-4-3-13-29-20/h5-8,14,20H,3-4,9-13,15H2,1-2H3,(H,24,28). The van der Waals surface area contributed by atoms with E-state index in [2.05, 4.69) is 5.32 Å². The zero-order valence-corrected chi connectivity index (χ0v) is 18.1. The number of benzene rings is 1. The third kappa shape index (κ3) is 5.19. The topological polar surface area (TPSA) is 84.3 Å². The highest BCUT2D eigenvalue weighted by atomic mass is 16.5. The van der Waals surface area contributed by atoms with Crippen molar-refractivity contribution in [1.82, 2.24) is 9.80 Å². The minimum atomic E-state index is -0.171. The molecule has 0 aliphatic carbocycles. The molecule has 1 unspecified atom stereocenters. The van der Waals surface area contributed by atoms with Gasteiger partial charge in [-0.1, -0.05) is 0 Å².